The summed E-state index contributed by atoms with van der Waals surface area (Å²) in [6.45, 7) is 2.78. The van der Waals surface area contributed by atoms with E-state index in [0.29, 0.717) is 18.1 Å². The Morgan fingerprint density at radius 1 is 1.42 bits per heavy atom. The molecule has 8 heteroatoms. The highest BCUT2D eigenvalue weighted by Crippen LogP contribution is 2.32. The van der Waals surface area contributed by atoms with E-state index < -0.39 is 6.61 Å². The lowest BCUT2D eigenvalue weighted by Gasteiger charge is -2.31. The number of halogens is 3. The molecule has 136 valence electrons. The molecule has 5 nitrogen and oxygen atoms in total. The van der Waals surface area contributed by atoms with E-state index in [-0.39, 0.29) is 42.3 Å². The molecule has 1 atom stereocenters. The maximum Gasteiger partial charge on any atom is 0.387 e. The third-order valence-electron chi connectivity index (χ3n) is 3.95. The van der Waals surface area contributed by atoms with E-state index in [2.05, 4.69) is 15.4 Å². The second-order valence-electron chi connectivity index (χ2n) is 5.48. The normalized spacial score (nSPS) is 15.2. The lowest BCUT2D eigenvalue weighted by molar-refractivity contribution is -0.126. The van der Waals surface area contributed by atoms with Gasteiger partial charge >= 0.3 is 6.61 Å². The van der Waals surface area contributed by atoms with Crippen LogP contribution < -0.4 is 20.1 Å². The molecule has 1 fully saturated rings. The van der Waals surface area contributed by atoms with Gasteiger partial charge in [-0.15, -0.1) is 12.4 Å². The fraction of sp³-hybridized carbons (Fsp3) is 0.562. The Balaban J connectivity index is 0.00000288. The lowest BCUT2D eigenvalue weighted by Crippen LogP contribution is -2.49. The van der Waals surface area contributed by atoms with E-state index >= 15 is 0 Å². The van der Waals surface area contributed by atoms with E-state index in [9.17, 15) is 13.6 Å². The molecule has 24 heavy (non-hydrogen) atoms. The molecule has 1 amide bonds. The summed E-state index contributed by atoms with van der Waals surface area (Å²) >= 11 is 0. The van der Waals surface area contributed by atoms with Gasteiger partial charge in [-0.05, 0) is 32.0 Å². The lowest BCUT2D eigenvalue weighted by atomic mass is 9.88. The van der Waals surface area contributed by atoms with Crippen molar-refractivity contribution in [3.8, 4) is 11.5 Å². The van der Waals surface area contributed by atoms with Crippen molar-refractivity contribution >= 4 is 18.3 Å². The van der Waals surface area contributed by atoms with Gasteiger partial charge in [-0.25, -0.2) is 0 Å². The van der Waals surface area contributed by atoms with Gasteiger partial charge in [-0.2, -0.15) is 8.78 Å². The molecule has 0 aliphatic carbocycles. The molecular weight excluding hydrogens is 342 g/mol. The molecule has 0 radical (unpaired) electrons. The van der Waals surface area contributed by atoms with Crippen LogP contribution in [0.2, 0.25) is 0 Å². The maximum atomic E-state index is 12.6. The topological polar surface area (TPSA) is 59.6 Å². The number of rotatable bonds is 8. The molecule has 1 unspecified atom stereocenters. The van der Waals surface area contributed by atoms with Gasteiger partial charge in [0, 0.05) is 18.0 Å². The average Bonchev–Trinajstić information content (AvgIpc) is 2.45. The minimum Gasteiger partial charge on any atom is -0.490 e. The molecule has 0 bridgehead atoms. The summed E-state index contributed by atoms with van der Waals surface area (Å²) in [6.07, 6.45) is 0. The van der Waals surface area contributed by atoms with E-state index in [0.717, 1.165) is 13.1 Å². The van der Waals surface area contributed by atoms with Crippen molar-refractivity contribution in [3.05, 3.63) is 23.8 Å². The molecule has 2 N–H and O–H groups in total. The zero-order valence-electron chi connectivity index (χ0n) is 13.7. The van der Waals surface area contributed by atoms with Crippen LogP contribution in [0.25, 0.3) is 0 Å². The van der Waals surface area contributed by atoms with Crippen LogP contribution in [0.3, 0.4) is 0 Å². The van der Waals surface area contributed by atoms with Crippen LogP contribution in [0.4, 0.5) is 8.78 Å². The predicted octanol–water partition coefficient (Wildman–Crippen LogP) is 2.58. The Kier molecular flexibility index (Phi) is 8.21. The first kappa shape index (κ1) is 20.4. The quantitative estimate of drug-likeness (QED) is 0.744. The second kappa shape index (κ2) is 9.64. The second-order valence-corrected chi connectivity index (χ2v) is 5.48. The molecule has 1 aliphatic rings. The molecule has 0 spiro atoms. The number of hydrogen-bond acceptors (Lipinski definition) is 4. The van der Waals surface area contributed by atoms with Gasteiger partial charge in [0.15, 0.2) is 11.5 Å². The Morgan fingerprint density at radius 2 is 2.12 bits per heavy atom. The number of amides is 1. The van der Waals surface area contributed by atoms with Gasteiger partial charge in [0.2, 0.25) is 5.91 Å². The molecule has 0 aromatic heterocycles. The highest BCUT2D eigenvalue weighted by Gasteiger charge is 2.28. The number of carbonyl (C=O) groups excluding carboxylic acids is 1. The monoisotopic (exact) mass is 364 g/mol. The van der Waals surface area contributed by atoms with Crippen molar-refractivity contribution in [1.82, 2.24) is 10.6 Å². The zero-order valence-corrected chi connectivity index (χ0v) is 14.5. The standard InChI is InChI=1S/C16H22F2N2O3.ClH/c1-3-22-13-6-4-5-11(14(13)23-16(17)18)9-20-15(21)10(2)12-7-19-8-12;/h4-6,10,12,16,19H,3,7-9H2,1-2H3,(H,20,21);1H. The van der Waals surface area contributed by atoms with Crippen LogP contribution in [0.15, 0.2) is 18.2 Å². The van der Waals surface area contributed by atoms with E-state index in [1.807, 2.05) is 6.92 Å². The fourth-order valence-electron chi connectivity index (χ4n) is 2.41. The van der Waals surface area contributed by atoms with Crippen LogP contribution in [-0.4, -0.2) is 32.2 Å². The summed E-state index contributed by atoms with van der Waals surface area (Å²) in [7, 11) is 0. The first-order chi connectivity index (χ1) is 11.0. The third kappa shape index (κ3) is 5.21. The molecule has 1 aromatic carbocycles. The van der Waals surface area contributed by atoms with Crippen LogP contribution in [-0.2, 0) is 11.3 Å². The predicted molar refractivity (Wildman–Crippen MR) is 88.9 cm³/mol. The maximum absolute atomic E-state index is 12.6. The van der Waals surface area contributed by atoms with Gasteiger partial charge in [0.1, 0.15) is 0 Å². The summed E-state index contributed by atoms with van der Waals surface area (Å²) in [4.78, 5) is 12.1. The van der Waals surface area contributed by atoms with Crippen molar-refractivity contribution < 1.29 is 23.0 Å². The van der Waals surface area contributed by atoms with E-state index in [1.54, 1.807) is 25.1 Å². The van der Waals surface area contributed by atoms with Gasteiger partial charge in [0.05, 0.1) is 6.61 Å². The number of nitrogens with one attached hydrogen (secondary N) is 2. The first-order valence-electron chi connectivity index (χ1n) is 7.70. The molecule has 1 aliphatic heterocycles. The number of ether oxygens (including phenoxy) is 2. The van der Waals surface area contributed by atoms with Crippen molar-refractivity contribution in [1.29, 1.82) is 0 Å². The largest absolute Gasteiger partial charge is 0.490 e. The van der Waals surface area contributed by atoms with Gasteiger partial charge in [0.25, 0.3) is 0 Å². The van der Waals surface area contributed by atoms with Crippen LogP contribution in [0, 0.1) is 11.8 Å². The van der Waals surface area contributed by atoms with Crippen LogP contribution in [0.1, 0.15) is 19.4 Å². The summed E-state index contributed by atoms with van der Waals surface area (Å²) in [5.41, 5.74) is 0.462. The average molecular weight is 365 g/mol. The smallest absolute Gasteiger partial charge is 0.387 e. The molecule has 0 saturated carbocycles. The molecule has 1 saturated heterocycles. The van der Waals surface area contributed by atoms with Gasteiger partial charge < -0.3 is 20.1 Å². The number of para-hydroxylation sites is 1. The van der Waals surface area contributed by atoms with E-state index in [1.165, 1.54) is 0 Å². The molecule has 2 rings (SSSR count). The minimum atomic E-state index is -2.95. The minimum absolute atomic E-state index is 0. The molecular formula is C16H23ClF2N2O3. The number of benzene rings is 1. The Morgan fingerprint density at radius 3 is 2.67 bits per heavy atom. The van der Waals surface area contributed by atoms with E-state index in [4.69, 9.17) is 4.74 Å². The Labute approximate surface area is 146 Å². The van der Waals surface area contributed by atoms with Gasteiger partial charge in [-0.3, -0.25) is 4.79 Å². The number of hydrogen-bond donors (Lipinski definition) is 2. The molecule has 1 heterocycles. The highest BCUT2D eigenvalue weighted by molar-refractivity contribution is 5.85. The third-order valence-corrected chi connectivity index (χ3v) is 3.95. The summed E-state index contributed by atoms with van der Waals surface area (Å²) in [6, 6.07) is 4.88. The summed E-state index contributed by atoms with van der Waals surface area (Å²) in [5.74, 6) is 0.326. The Hall–Kier alpha value is -1.60. The SMILES string of the molecule is CCOc1cccc(CNC(=O)C(C)C2CNC2)c1OC(F)F.Cl. The van der Waals surface area contributed by atoms with Gasteiger partial charge in [-0.1, -0.05) is 19.1 Å². The first-order valence-corrected chi connectivity index (χ1v) is 7.70. The van der Waals surface area contributed by atoms with Crippen molar-refractivity contribution in [2.75, 3.05) is 19.7 Å². The zero-order chi connectivity index (χ0) is 16.8. The molecule has 1 aromatic rings. The Bertz CT molecular complexity index is 542. The van der Waals surface area contributed by atoms with Crippen molar-refractivity contribution in [3.63, 3.8) is 0 Å². The van der Waals surface area contributed by atoms with Crippen molar-refractivity contribution in [2.24, 2.45) is 11.8 Å². The summed E-state index contributed by atoms with van der Waals surface area (Å²) in [5, 5.41) is 5.91. The van der Waals surface area contributed by atoms with Crippen LogP contribution >= 0.6 is 12.4 Å². The summed E-state index contributed by atoms with van der Waals surface area (Å²) < 4.78 is 35.2. The number of carbonyl (C=O) groups is 1. The highest BCUT2D eigenvalue weighted by atomic mass is 35.5. The number of alkyl halides is 2. The van der Waals surface area contributed by atoms with Crippen LogP contribution in [0.5, 0.6) is 11.5 Å². The van der Waals surface area contributed by atoms with Crippen molar-refractivity contribution in [2.45, 2.75) is 27.0 Å². The fourth-order valence-corrected chi connectivity index (χ4v) is 2.41.